The van der Waals surface area contributed by atoms with Crippen LogP contribution in [0.4, 0.5) is 13.2 Å². The number of hydrogen-bond acceptors (Lipinski definition) is 7. The second kappa shape index (κ2) is 10.5. The molecule has 3 aromatic rings. The van der Waals surface area contributed by atoms with Crippen LogP contribution in [0, 0.1) is 24.7 Å². The van der Waals surface area contributed by atoms with Gasteiger partial charge in [-0.15, -0.1) is 0 Å². The lowest BCUT2D eigenvalue weighted by Gasteiger charge is -2.33. The number of rotatable bonds is 10. The highest BCUT2D eigenvalue weighted by Crippen LogP contribution is 2.43. The van der Waals surface area contributed by atoms with Crippen molar-refractivity contribution in [3.63, 3.8) is 0 Å². The number of hydrogen-bond donors (Lipinski definition) is 2. The van der Waals surface area contributed by atoms with Crippen molar-refractivity contribution in [2.45, 2.75) is 88.9 Å². The Labute approximate surface area is 228 Å². The van der Waals surface area contributed by atoms with Gasteiger partial charge in [-0.2, -0.15) is 5.10 Å². The third-order valence-electron chi connectivity index (χ3n) is 8.34. The summed E-state index contributed by atoms with van der Waals surface area (Å²) in [6.07, 6.45) is 5.70. The molecule has 3 aromatic heterocycles. The number of carbonyl (C=O) groups excluding carboxylic acids is 2. The Hall–Kier alpha value is -3.51. The monoisotopic (exact) mass is 559 g/mol. The molecule has 13 heteroatoms. The van der Waals surface area contributed by atoms with Crippen LogP contribution in [0.2, 0.25) is 0 Å². The number of imidazole rings is 1. The van der Waals surface area contributed by atoms with Crippen LogP contribution in [0.25, 0.3) is 5.65 Å². The molecule has 3 heterocycles. The minimum atomic E-state index is -2.73. The molecular weight excluding hydrogens is 527 g/mol. The fourth-order valence-electron chi connectivity index (χ4n) is 5.61. The van der Waals surface area contributed by atoms with Gasteiger partial charge in [-0.3, -0.25) is 9.59 Å². The minimum Gasteiger partial charge on any atom is -0.346 e. The highest BCUT2D eigenvalue weighted by Gasteiger charge is 2.40. The maximum atomic E-state index is 14.5. The van der Waals surface area contributed by atoms with E-state index in [2.05, 4.69) is 30.7 Å². The molecule has 1 unspecified atom stereocenters. The predicted octanol–water partition coefficient (Wildman–Crippen LogP) is 4.42. The van der Waals surface area contributed by atoms with E-state index in [1.807, 2.05) is 0 Å². The van der Waals surface area contributed by atoms with E-state index in [4.69, 9.17) is 4.98 Å². The average molecular weight is 560 g/mol. The van der Waals surface area contributed by atoms with Crippen LogP contribution in [-0.4, -0.2) is 48.8 Å². The quantitative estimate of drug-likeness (QED) is 0.376. The summed E-state index contributed by atoms with van der Waals surface area (Å²) in [5, 5.41) is 17.6. The molecule has 0 radical (unpaired) electrons. The molecule has 3 aliphatic carbocycles. The summed E-state index contributed by atoms with van der Waals surface area (Å²) in [4.78, 5) is 30.3. The van der Waals surface area contributed by atoms with Crippen LogP contribution in [0.5, 0.6) is 0 Å². The lowest BCUT2D eigenvalue weighted by atomic mass is 9.81. The molecule has 2 N–H and O–H groups in total. The summed E-state index contributed by atoms with van der Waals surface area (Å²) in [6, 6.07) is 0.757. The fourth-order valence-corrected chi connectivity index (χ4v) is 5.61. The number of nitrogens with zero attached hydrogens (tertiary/aromatic N) is 5. The Morgan fingerprint density at radius 2 is 1.80 bits per heavy atom. The van der Waals surface area contributed by atoms with Crippen LogP contribution < -0.4 is 10.6 Å². The van der Waals surface area contributed by atoms with Crippen molar-refractivity contribution in [2.75, 3.05) is 0 Å². The highest BCUT2D eigenvalue weighted by molar-refractivity contribution is 5.93. The van der Waals surface area contributed by atoms with Gasteiger partial charge in [-0.05, 0) is 73.6 Å². The Morgan fingerprint density at radius 1 is 1.07 bits per heavy atom. The summed E-state index contributed by atoms with van der Waals surface area (Å²) in [6.45, 7) is 1.59. The molecule has 2 amide bonds. The molecule has 3 aliphatic rings. The van der Waals surface area contributed by atoms with Crippen molar-refractivity contribution in [1.29, 1.82) is 0 Å². The molecule has 0 aromatic carbocycles. The summed E-state index contributed by atoms with van der Waals surface area (Å²) in [5.41, 5.74) is 2.01. The molecular formula is C27H32F3N7O3. The Morgan fingerprint density at radius 3 is 2.45 bits per heavy atom. The molecule has 6 rings (SSSR count). The zero-order valence-corrected chi connectivity index (χ0v) is 22.2. The summed E-state index contributed by atoms with van der Waals surface area (Å²) >= 11 is 0. The number of carbonyl (C=O) groups is 2. The van der Waals surface area contributed by atoms with Gasteiger partial charge >= 0.3 is 0 Å². The van der Waals surface area contributed by atoms with E-state index in [1.165, 1.54) is 0 Å². The van der Waals surface area contributed by atoms with E-state index in [9.17, 15) is 22.8 Å². The summed E-state index contributed by atoms with van der Waals surface area (Å²) in [5.74, 6) is -3.63. The van der Waals surface area contributed by atoms with Gasteiger partial charge in [-0.25, -0.2) is 27.3 Å². The maximum absolute atomic E-state index is 14.5. The molecule has 0 saturated heterocycles. The van der Waals surface area contributed by atoms with Crippen molar-refractivity contribution in [3.8, 4) is 0 Å². The summed E-state index contributed by atoms with van der Waals surface area (Å²) in [7, 11) is 0. The molecule has 3 atom stereocenters. The van der Waals surface area contributed by atoms with Gasteiger partial charge < -0.3 is 10.6 Å². The van der Waals surface area contributed by atoms with Gasteiger partial charge in [0.2, 0.25) is 5.92 Å². The lowest BCUT2D eigenvalue weighted by Crippen LogP contribution is -2.37. The predicted molar refractivity (Wildman–Crippen MR) is 135 cm³/mol. The van der Waals surface area contributed by atoms with Crippen molar-refractivity contribution < 1.29 is 27.4 Å². The molecule has 3 fully saturated rings. The van der Waals surface area contributed by atoms with E-state index in [0.717, 1.165) is 31.2 Å². The van der Waals surface area contributed by atoms with Crippen molar-refractivity contribution in [1.82, 2.24) is 35.5 Å². The van der Waals surface area contributed by atoms with Gasteiger partial charge in [0.15, 0.2) is 17.5 Å². The van der Waals surface area contributed by atoms with Gasteiger partial charge in [0.05, 0.1) is 30.2 Å². The maximum Gasteiger partial charge on any atom is 0.276 e. The number of aromatic nitrogens is 5. The first-order chi connectivity index (χ1) is 19.2. The average Bonchev–Trinajstić information content (AvgIpc) is 3.84. The molecule has 3 saturated carbocycles. The zero-order valence-electron chi connectivity index (χ0n) is 22.2. The topological polar surface area (TPSA) is 127 Å². The first-order valence-corrected chi connectivity index (χ1v) is 13.9. The third kappa shape index (κ3) is 5.83. The molecule has 214 valence electrons. The summed E-state index contributed by atoms with van der Waals surface area (Å²) < 4.78 is 48.6. The molecule has 40 heavy (non-hydrogen) atoms. The van der Waals surface area contributed by atoms with Crippen LogP contribution in [0.3, 0.4) is 0 Å². The second-order valence-electron chi connectivity index (χ2n) is 11.6. The Kier molecular flexibility index (Phi) is 6.99. The fraction of sp³-hybridized carbons (Fsp3) is 0.630. The first-order valence-electron chi connectivity index (χ1n) is 13.9. The standard InChI is InChI=1S/C27H32F3N7O3/c1-14-22(36-40-35-14)26(39)34-24(17-6-8-27(29,30)9-7-17)20-13-37-21(32-20)11-18(12-31-37)23(16-4-5-16)33-25(38)19(28)10-15-2-3-15/h11-13,15-17,19,23-24H,2-10H2,1H3,(H,33,38)(H,34,39)/t19-,23?,24-/m0/s1. The third-order valence-corrected chi connectivity index (χ3v) is 8.34. The van der Waals surface area contributed by atoms with Crippen LogP contribution in [-0.2, 0) is 4.79 Å². The second-order valence-corrected chi connectivity index (χ2v) is 11.6. The Balaban J connectivity index is 1.25. The van der Waals surface area contributed by atoms with Gasteiger partial charge in [0, 0.05) is 12.8 Å². The van der Waals surface area contributed by atoms with E-state index in [0.29, 0.717) is 23.0 Å². The van der Waals surface area contributed by atoms with E-state index < -0.39 is 30.0 Å². The van der Waals surface area contributed by atoms with Crippen LogP contribution in [0.1, 0.15) is 97.3 Å². The van der Waals surface area contributed by atoms with Crippen molar-refractivity contribution in [2.24, 2.45) is 17.8 Å². The molecule has 0 spiro atoms. The number of halogens is 3. The molecule has 0 aliphatic heterocycles. The number of alkyl halides is 3. The normalized spacial score (nSPS) is 21.6. The Bertz CT molecular complexity index is 1390. The van der Waals surface area contributed by atoms with E-state index in [-0.39, 0.29) is 55.7 Å². The number of fused-ring (bicyclic) bond motifs is 1. The van der Waals surface area contributed by atoms with Gasteiger partial charge in [-0.1, -0.05) is 18.0 Å². The van der Waals surface area contributed by atoms with E-state index in [1.54, 1.807) is 29.9 Å². The number of amides is 2. The number of nitrogens with one attached hydrogen (secondary N) is 2. The van der Waals surface area contributed by atoms with E-state index >= 15 is 0 Å². The minimum absolute atomic E-state index is 0.0196. The van der Waals surface area contributed by atoms with Crippen molar-refractivity contribution >= 4 is 17.5 Å². The smallest absolute Gasteiger partial charge is 0.276 e. The van der Waals surface area contributed by atoms with Crippen LogP contribution >= 0.6 is 0 Å². The largest absolute Gasteiger partial charge is 0.346 e. The molecule has 0 bridgehead atoms. The first kappa shape index (κ1) is 26.7. The zero-order chi connectivity index (χ0) is 28.0. The van der Waals surface area contributed by atoms with Gasteiger partial charge in [0.1, 0.15) is 5.69 Å². The molecule has 10 nitrogen and oxygen atoms in total. The van der Waals surface area contributed by atoms with Crippen LogP contribution in [0.15, 0.2) is 23.1 Å². The highest BCUT2D eigenvalue weighted by atomic mass is 19.3. The SMILES string of the molecule is Cc1nonc1C(=O)N[C@H](c1cn2ncc(C(NC(=O)[C@@H](F)CC3CC3)C3CC3)cc2n1)C1CCC(F)(F)CC1. The van der Waals surface area contributed by atoms with Gasteiger partial charge in [0.25, 0.3) is 11.8 Å². The van der Waals surface area contributed by atoms with Crippen molar-refractivity contribution in [3.05, 3.63) is 41.1 Å². The number of aryl methyl sites for hydroxylation is 1. The lowest BCUT2D eigenvalue weighted by molar-refractivity contribution is -0.127.